The molecule has 78 valence electrons. The fourth-order valence-electron chi connectivity index (χ4n) is 2.00. The minimum atomic E-state index is 0.0938. The van der Waals surface area contributed by atoms with Crippen molar-refractivity contribution in [1.82, 2.24) is 9.78 Å². The van der Waals surface area contributed by atoms with Crippen molar-refractivity contribution >= 4 is 0 Å². The van der Waals surface area contributed by atoms with E-state index in [4.69, 9.17) is 5.73 Å². The molecule has 1 saturated carbocycles. The molecule has 1 aliphatic rings. The molecule has 14 heavy (non-hydrogen) atoms. The Balaban J connectivity index is 2.13. The Bertz CT molecular complexity index is 310. The van der Waals surface area contributed by atoms with E-state index in [0.717, 1.165) is 18.2 Å². The summed E-state index contributed by atoms with van der Waals surface area (Å²) in [5.74, 6) is 0.840. The van der Waals surface area contributed by atoms with Crippen molar-refractivity contribution in [2.45, 2.75) is 45.7 Å². The fourth-order valence-corrected chi connectivity index (χ4v) is 2.00. The van der Waals surface area contributed by atoms with Gasteiger partial charge in [0.05, 0.1) is 11.4 Å². The maximum Gasteiger partial charge on any atom is 0.0597 e. The molecule has 2 rings (SSSR count). The molecule has 0 aromatic carbocycles. The van der Waals surface area contributed by atoms with Crippen molar-refractivity contribution in [1.29, 1.82) is 0 Å². The van der Waals surface area contributed by atoms with Crippen LogP contribution >= 0.6 is 0 Å². The monoisotopic (exact) mass is 193 g/mol. The summed E-state index contributed by atoms with van der Waals surface area (Å²) in [5.41, 5.74) is 8.16. The highest BCUT2D eigenvalue weighted by Crippen LogP contribution is 2.28. The molecule has 3 nitrogen and oxygen atoms in total. The molecule has 0 radical (unpaired) electrons. The van der Waals surface area contributed by atoms with Crippen molar-refractivity contribution in [2.75, 3.05) is 0 Å². The lowest BCUT2D eigenvalue weighted by Crippen LogP contribution is -2.22. The van der Waals surface area contributed by atoms with Crippen LogP contribution in [0.25, 0.3) is 0 Å². The van der Waals surface area contributed by atoms with Crippen LogP contribution in [0.15, 0.2) is 6.07 Å². The zero-order chi connectivity index (χ0) is 10.1. The number of nitrogens with two attached hydrogens (primary N) is 1. The molecular formula is C11H19N3. The minimum Gasteiger partial charge on any atom is -0.323 e. The van der Waals surface area contributed by atoms with Crippen molar-refractivity contribution in [2.24, 2.45) is 11.7 Å². The lowest BCUT2D eigenvalue weighted by atomic mass is 9.85. The standard InChI is InChI=1S/C11H19N3/c1-8-6-11(9(2)12)14(13-8)7-10-4-3-5-10/h6,9-10H,3-5,7,12H2,1-2H3. The quantitative estimate of drug-likeness (QED) is 0.798. The molecule has 1 atom stereocenters. The van der Waals surface area contributed by atoms with Crippen LogP contribution in [-0.2, 0) is 6.54 Å². The van der Waals surface area contributed by atoms with E-state index in [1.54, 1.807) is 0 Å². The van der Waals surface area contributed by atoms with Gasteiger partial charge >= 0.3 is 0 Å². The summed E-state index contributed by atoms with van der Waals surface area (Å²) < 4.78 is 2.10. The van der Waals surface area contributed by atoms with E-state index in [0.29, 0.717) is 0 Å². The number of aryl methyl sites for hydroxylation is 1. The molecule has 0 spiro atoms. The highest BCUT2D eigenvalue weighted by atomic mass is 15.3. The maximum atomic E-state index is 5.90. The molecule has 0 amide bonds. The third-order valence-electron chi connectivity index (χ3n) is 3.06. The van der Waals surface area contributed by atoms with Crippen LogP contribution in [0.2, 0.25) is 0 Å². The van der Waals surface area contributed by atoms with Crippen molar-refractivity contribution in [3.05, 3.63) is 17.5 Å². The Hall–Kier alpha value is -0.830. The molecule has 3 heteroatoms. The normalized spacial score (nSPS) is 19.4. The second kappa shape index (κ2) is 3.73. The van der Waals surface area contributed by atoms with E-state index in [2.05, 4.69) is 15.8 Å². The molecule has 1 heterocycles. The summed E-state index contributed by atoms with van der Waals surface area (Å²) in [7, 11) is 0. The number of rotatable bonds is 3. The third kappa shape index (κ3) is 1.82. The van der Waals surface area contributed by atoms with Gasteiger partial charge < -0.3 is 5.73 Å². The number of aromatic nitrogens is 2. The van der Waals surface area contributed by atoms with Gasteiger partial charge in [-0.3, -0.25) is 4.68 Å². The molecule has 1 aromatic heterocycles. The van der Waals surface area contributed by atoms with E-state index in [1.165, 1.54) is 25.0 Å². The Morgan fingerprint density at radius 2 is 2.36 bits per heavy atom. The van der Waals surface area contributed by atoms with Gasteiger partial charge in [-0.25, -0.2) is 0 Å². The summed E-state index contributed by atoms with van der Waals surface area (Å²) in [5, 5.41) is 4.49. The van der Waals surface area contributed by atoms with Crippen LogP contribution in [-0.4, -0.2) is 9.78 Å². The molecule has 1 aromatic rings. The van der Waals surface area contributed by atoms with Gasteiger partial charge in [-0.15, -0.1) is 0 Å². The lowest BCUT2D eigenvalue weighted by Gasteiger charge is -2.26. The van der Waals surface area contributed by atoms with E-state index in [9.17, 15) is 0 Å². The summed E-state index contributed by atoms with van der Waals surface area (Å²) in [6, 6.07) is 2.19. The van der Waals surface area contributed by atoms with Crippen LogP contribution in [0.1, 0.15) is 43.6 Å². The average molecular weight is 193 g/mol. The SMILES string of the molecule is Cc1cc(C(C)N)n(CC2CCC2)n1. The average Bonchev–Trinajstić information content (AvgIpc) is 2.39. The van der Waals surface area contributed by atoms with Gasteiger partial charge in [0.2, 0.25) is 0 Å². The molecular weight excluding hydrogens is 174 g/mol. The first-order chi connectivity index (χ1) is 6.66. The predicted octanol–water partition coefficient (Wildman–Crippen LogP) is 2.01. The van der Waals surface area contributed by atoms with Gasteiger partial charge in [-0.1, -0.05) is 6.42 Å². The summed E-state index contributed by atoms with van der Waals surface area (Å²) in [4.78, 5) is 0. The zero-order valence-corrected chi connectivity index (χ0v) is 9.03. The second-order valence-corrected chi connectivity index (χ2v) is 4.48. The Morgan fingerprint density at radius 3 is 2.86 bits per heavy atom. The van der Waals surface area contributed by atoms with Crippen LogP contribution in [0, 0.1) is 12.8 Å². The number of nitrogens with zero attached hydrogens (tertiary/aromatic N) is 2. The van der Waals surface area contributed by atoms with E-state index >= 15 is 0 Å². The molecule has 1 aliphatic carbocycles. The van der Waals surface area contributed by atoms with Gasteiger partial charge in [-0.05, 0) is 38.7 Å². The maximum absolute atomic E-state index is 5.90. The van der Waals surface area contributed by atoms with Gasteiger partial charge in [0.25, 0.3) is 0 Å². The van der Waals surface area contributed by atoms with Crippen LogP contribution in [0.5, 0.6) is 0 Å². The summed E-state index contributed by atoms with van der Waals surface area (Å²) in [6.07, 6.45) is 4.10. The highest BCUT2D eigenvalue weighted by molar-refractivity contribution is 5.12. The van der Waals surface area contributed by atoms with Gasteiger partial charge in [-0.2, -0.15) is 5.10 Å². The predicted molar refractivity (Wildman–Crippen MR) is 56.9 cm³/mol. The minimum absolute atomic E-state index is 0.0938. The van der Waals surface area contributed by atoms with Crippen LogP contribution in [0.3, 0.4) is 0 Å². The molecule has 2 N–H and O–H groups in total. The fraction of sp³-hybridized carbons (Fsp3) is 0.727. The van der Waals surface area contributed by atoms with Crippen LogP contribution in [0.4, 0.5) is 0 Å². The Labute approximate surface area is 85.3 Å². The smallest absolute Gasteiger partial charge is 0.0597 e. The summed E-state index contributed by atoms with van der Waals surface area (Å²) in [6.45, 7) is 5.11. The molecule has 1 fully saturated rings. The van der Waals surface area contributed by atoms with Crippen LogP contribution < -0.4 is 5.73 Å². The zero-order valence-electron chi connectivity index (χ0n) is 9.03. The first-order valence-corrected chi connectivity index (χ1v) is 5.46. The topological polar surface area (TPSA) is 43.8 Å². The van der Waals surface area contributed by atoms with Crippen molar-refractivity contribution in [3.8, 4) is 0 Å². The highest BCUT2D eigenvalue weighted by Gasteiger charge is 2.20. The van der Waals surface area contributed by atoms with E-state index < -0.39 is 0 Å². The van der Waals surface area contributed by atoms with E-state index in [-0.39, 0.29) is 6.04 Å². The second-order valence-electron chi connectivity index (χ2n) is 4.48. The van der Waals surface area contributed by atoms with Crippen molar-refractivity contribution in [3.63, 3.8) is 0 Å². The molecule has 0 bridgehead atoms. The Morgan fingerprint density at radius 1 is 1.64 bits per heavy atom. The molecule has 1 unspecified atom stereocenters. The van der Waals surface area contributed by atoms with Crippen molar-refractivity contribution < 1.29 is 0 Å². The van der Waals surface area contributed by atoms with Gasteiger partial charge in [0.1, 0.15) is 0 Å². The largest absolute Gasteiger partial charge is 0.323 e. The van der Waals surface area contributed by atoms with Gasteiger partial charge in [0.15, 0.2) is 0 Å². The third-order valence-corrected chi connectivity index (χ3v) is 3.06. The molecule has 0 aliphatic heterocycles. The first kappa shape index (κ1) is 9.71. The number of hydrogen-bond acceptors (Lipinski definition) is 2. The van der Waals surface area contributed by atoms with Gasteiger partial charge in [0, 0.05) is 12.6 Å². The Kier molecular flexibility index (Phi) is 2.59. The van der Waals surface area contributed by atoms with E-state index in [1.807, 2.05) is 13.8 Å². The lowest BCUT2D eigenvalue weighted by molar-refractivity contribution is 0.262. The first-order valence-electron chi connectivity index (χ1n) is 5.46. The molecule has 0 saturated heterocycles. The summed E-state index contributed by atoms with van der Waals surface area (Å²) >= 11 is 0. The number of hydrogen-bond donors (Lipinski definition) is 1.